The van der Waals surface area contributed by atoms with E-state index in [1.54, 1.807) is 39.0 Å². The quantitative estimate of drug-likeness (QED) is 0.348. The first-order valence-electron chi connectivity index (χ1n) is 10.5. The van der Waals surface area contributed by atoms with Gasteiger partial charge in [0.2, 0.25) is 0 Å². The molecule has 0 atom stereocenters. The Balaban J connectivity index is 2.21. The molecule has 0 aromatic heterocycles. The molecular formula is C22H30N4O7. The van der Waals surface area contributed by atoms with Gasteiger partial charge < -0.3 is 25.8 Å². The molecular weight excluding hydrogens is 432 g/mol. The molecule has 0 amide bonds. The van der Waals surface area contributed by atoms with Gasteiger partial charge in [0.25, 0.3) is 0 Å². The zero-order valence-electron chi connectivity index (χ0n) is 18.4. The molecule has 0 unspecified atom stereocenters. The molecule has 0 spiro atoms. The Morgan fingerprint density at radius 1 is 0.848 bits per heavy atom. The van der Waals surface area contributed by atoms with Crippen molar-refractivity contribution in [3.63, 3.8) is 0 Å². The summed E-state index contributed by atoms with van der Waals surface area (Å²) < 4.78 is 6.11. The second kappa shape index (κ2) is 13.4. The maximum Gasteiger partial charge on any atom is 0.317 e. The van der Waals surface area contributed by atoms with Crippen LogP contribution in [0.2, 0.25) is 0 Å². The van der Waals surface area contributed by atoms with Crippen LogP contribution in [-0.4, -0.2) is 119 Å². The average molecular weight is 463 g/mol. The lowest BCUT2D eigenvalue weighted by Gasteiger charge is -2.35. The van der Waals surface area contributed by atoms with Gasteiger partial charge in [-0.1, -0.05) is 11.8 Å². The SMILES string of the molecule is NCC#Cc1ccc(OC2CN(CC(=O)O)CCN(CC(=O)O)CCN(CC(=O)O)C2)cc1. The minimum Gasteiger partial charge on any atom is -0.488 e. The molecule has 1 aliphatic heterocycles. The molecule has 0 aliphatic carbocycles. The molecule has 0 saturated carbocycles. The monoisotopic (exact) mass is 462 g/mol. The molecule has 1 aromatic rings. The van der Waals surface area contributed by atoms with Crippen LogP contribution in [0.15, 0.2) is 24.3 Å². The van der Waals surface area contributed by atoms with Crippen molar-refractivity contribution < 1.29 is 34.4 Å². The molecule has 5 N–H and O–H groups in total. The predicted molar refractivity (Wildman–Crippen MR) is 119 cm³/mol. The van der Waals surface area contributed by atoms with Gasteiger partial charge in [-0.05, 0) is 24.3 Å². The highest BCUT2D eigenvalue weighted by atomic mass is 16.5. The molecule has 0 bridgehead atoms. The number of nitrogens with zero attached hydrogens (tertiary/aromatic N) is 3. The van der Waals surface area contributed by atoms with Crippen LogP contribution >= 0.6 is 0 Å². The van der Waals surface area contributed by atoms with E-state index in [4.69, 9.17) is 15.6 Å². The van der Waals surface area contributed by atoms with E-state index in [-0.39, 0.29) is 39.3 Å². The standard InChI is InChI=1S/C22H30N4O7/c23-7-1-2-17-3-5-18(6-4-17)33-19-12-25(15-21(29)30)10-8-24(14-20(27)28)9-11-26(13-19)16-22(31)32/h3-6,19H,7-16,23H2,(H,27,28)(H,29,30)(H,31,32). The summed E-state index contributed by atoms with van der Waals surface area (Å²) in [5.41, 5.74) is 6.16. The highest BCUT2D eigenvalue weighted by Gasteiger charge is 2.25. The minimum absolute atomic E-state index is 0.207. The maximum atomic E-state index is 11.4. The normalized spacial score (nSPS) is 17.0. The molecule has 1 aliphatic rings. The Bertz CT molecular complexity index is 836. The van der Waals surface area contributed by atoms with E-state index >= 15 is 0 Å². The van der Waals surface area contributed by atoms with Crippen LogP contribution < -0.4 is 10.5 Å². The average Bonchev–Trinajstić information content (AvgIpc) is 2.73. The fourth-order valence-corrected chi connectivity index (χ4v) is 3.55. The summed E-state index contributed by atoms with van der Waals surface area (Å²) in [5, 5.41) is 27.8. The fraction of sp³-hybridized carbons (Fsp3) is 0.500. The van der Waals surface area contributed by atoms with Gasteiger partial charge in [0.05, 0.1) is 26.2 Å². The van der Waals surface area contributed by atoms with E-state index in [1.807, 2.05) is 0 Å². The summed E-state index contributed by atoms with van der Waals surface area (Å²) in [6.45, 7) is 1.38. The number of rotatable bonds is 8. The number of hydrogen-bond donors (Lipinski definition) is 4. The van der Waals surface area contributed by atoms with E-state index < -0.39 is 24.0 Å². The molecule has 1 fully saturated rings. The number of ether oxygens (including phenoxy) is 1. The molecule has 0 radical (unpaired) electrons. The van der Waals surface area contributed by atoms with E-state index in [0.29, 0.717) is 31.9 Å². The lowest BCUT2D eigenvalue weighted by Crippen LogP contribution is -2.51. The van der Waals surface area contributed by atoms with Gasteiger partial charge >= 0.3 is 17.9 Å². The summed E-state index contributed by atoms with van der Waals surface area (Å²) in [6, 6.07) is 7.06. The third kappa shape index (κ3) is 10.3. The summed E-state index contributed by atoms with van der Waals surface area (Å²) in [6.07, 6.45) is -0.504. The zero-order chi connectivity index (χ0) is 24.2. The Morgan fingerprint density at radius 3 is 1.76 bits per heavy atom. The molecule has 33 heavy (non-hydrogen) atoms. The van der Waals surface area contributed by atoms with Crippen LogP contribution in [0.3, 0.4) is 0 Å². The van der Waals surface area contributed by atoms with Gasteiger partial charge in [0, 0.05) is 44.8 Å². The lowest BCUT2D eigenvalue weighted by atomic mass is 10.2. The number of aliphatic carboxylic acids is 3. The molecule has 1 saturated heterocycles. The second-order valence-electron chi connectivity index (χ2n) is 7.70. The van der Waals surface area contributed by atoms with Crippen LogP contribution in [0, 0.1) is 11.8 Å². The van der Waals surface area contributed by atoms with Crippen molar-refractivity contribution in [1.82, 2.24) is 14.7 Å². The van der Waals surface area contributed by atoms with Gasteiger partial charge in [0.15, 0.2) is 0 Å². The second-order valence-corrected chi connectivity index (χ2v) is 7.70. The van der Waals surface area contributed by atoms with Crippen molar-refractivity contribution in [3.8, 4) is 17.6 Å². The first-order valence-corrected chi connectivity index (χ1v) is 10.5. The zero-order valence-corrected chi connectivity index (χ0v) is 18.4. The van der Waals surface area contributed by atoms with Crippen molar-refractivity contribution in [2.75, 3.05) is 65.4 Å². The summed E-state index contributed by atoms with van der Waals surface area (Å²) in [7, 11) is 0. The number of benzene rings is 1. The van der Waals surface area contributed by atoms with E-state index in [1.165, 1.54) is 0 Å². The first-order chi connectivity index (χ1) is 15.7. The van der Waals surface area contributed by atoms with E-state index in [9.17, 15) is 24.6 Å². The van der Waals surface area contributed by atoms with E-state index in [0.717, 1.165) is 5.56 Å². The van der Waals surface area contributed by atoms with Crippen molar-refractivity contribution in [2.45, 2.75) is 6.10 Å². The van der Waals surface area contributed by atoms with Gasteiger partial charge in [-0.25, -0.2) is 0 Å². The van der Waals surface area contributed by atoms with E-state index in [2.05, 4.69) is 11.8 Å². The lowest BCUT2D eigenvalue weighted by molar-refractivity contribution is -0.141. The highest BCUT2D eigenvalue weighted by molar-refractivity contribution is 5.70. The third-order valence-corrected chi connectivity index (χ3v) is 4.96. The summed E-state index contributed by atoms with van der Waals surface area (Å²) in [5.74, 6) is 3.21. The van der Waals surface area contributed by atoms with Crippen LogP contribution in [0.5, 0.6) is 5.75 Å². The molecule has 2 rings (SSSR count). The van der Waals surface area contributed by atoms with Crippen LogP contribution in [0.1, 0.15) is 5.56 Å². The number of nitrogens with two attached hydrogens (primary N) is 1. The van der Waals surface area contributed by atoms with Gasteiger partial charge in [-0.2, -0.15) is 0 Å². The van der Waals surface area contributed by atoms with Gasteiger partial charge in [-0.15, -0.1) is 0 Å². The first kappa shape index (κ1) is 26.1. The number of carboxylic acid groups (broad SMARTS) is 3. The maximum absolute atomic E-state index is 11.4. The topological polar surface area (TPSA) is 157 Å². The summed E-state index contributed by atoms with van der Waals surface area (Å²) >= 11 is 0. The highest BCUT2D eigenvalue weighted by Crippen LogP contribution is 2.15. The number of carboxylic acids is 3. The van der Waals surface area contributed by atoms with Crippen molar-refractivity contribution >= 4 is 17.9 Å². The van der Waals surface area contributed by atoms with Crippen LogP contribution in [0.4, 0.5) is 0 Å². The summed E-state index contributed by atoms with van der Waals surface area (Å²) in [4.78, 5) is 39.0. The van der Waals surface area contributed by atoms with Crippen molar-refractivity contribution in [2.24, 2.45) is 5.73 Å². The minimum atomic E-state index is -1.01. The Morgan fingerprint density at radius 2 is 1.30 bits per heavy atom. The molecule has 1 aromatic carbocycles. The molecule has 11 heteroatoms. The van der Waals surface area contributed by atoms with Gasteiger partial charge in [0.1, 0.15) is 11.9 Å². The Hall–Kier alpha value is -3.17. The fourth-order valence-electron chi connectivity index (χ4n) is 3.55. The largest absolute Gasteiger partial charge is 0.488 e. The third-order valence-electron chi connectivity index (χ3n) is 4.96. The molecule has 180 valence electrons. The van der Waals surface area contributed by atoms with Crippen LogP contribution in [-0.2, 0) is 14.4 Å². The Labute approximate surface area is 192 Å². The van der Waals surface area contributed by atoms with Crippen molar-refractivity contribution in [1.29, 1.82) is 0 Å². The van der Waals surface area contributed by atoms with Gasteiger partial charge in [-0.3, -0.25) is 29.1 Å². The molecule has 11 nitrogen and oxygen atoms in total. The predicted octanol–water partition coefficient (Wildman–Crippen LogP) is -1.08. The van der Waals surface area contributed by atoms with Crippen LogP contribution in [0.25, 0.3) is 0 Å². The van der Waals surface area contributed by atoms with Crippen molar-refractivity contribution in [3.05, 3.63) is 29.8 Å². The molecule has 1 heterocycles. The number of hydrogen-bond acceptors (Lipinski definition) is 8. The Kier molecular flexibility index (Phi) is 10.6. The number of carbonyl (C=O) groups is 3. The smallest absolute Gasteiger partial charge is 0.317 e.